The standard InChI is InChI=1S/C19H24N4O3S/c1-25-15-8-4-13(5-9-15)18-21-22-19(23(18)11-16-3-2-10-26-16)27-12-17(24)20-14-6-7-14/h4-5,8-9,14,16H,2-3,6-7,10-12H2,1H3,(H,20,24)/t16-/m0/s1. The monoisotopic (exact) mass is 388 g/mol. The lowest BCUT2D eigenvalue weighted by molar-refractivity contribution is -0.118. The molecule has 0 bridgehead atoms. The summed E-state index contributed by atoms with van der Waals surface area (Å²) in [6, 6.07) is 8.15. The Morgan fingerprint density at radius 2 is 2.11 bits per heavy atom. The van der Waals surface area contributed by atoms with Crippen molar-refractivity contribution in [1.82, 2.24) is 20.1 Å². The number of nitrogens with zero attached hydrogens (tertiary/aromatic N) is 3. The molecule has 1 atom stereocenters. The van der Waals surface area contributed by atoms with E-state index in [1.807, 2.05) is 24.3 Å². The van der Waals surface area contributed by atoms with Gasteiger partial charge in [-0.3, -0.25) is 9.36 Å². The van der Waals surface area contributed by atoms with Crippen molar-refractivity contribution in [2.75, 3.05) is 19.5 Å². The minimum atomic E-state index is 0.0557. The van der Waals surface area contributed by atoms with Crippen LogP contribution in [0.25, 0.3) is 11.4 Å². The summed E-state index contributed by atoms with van der Waals surface area (Å²) < 4.78 is 13.1. The fourth-order valence-electron chi connectivity index (χ4n) is 3.13. The Morgan fingerprint density at radius 3 is 2.78 bits per heavy atom. The first-order valence-electron chi connectivity index (χ1n) is 9.34. The van der Waals surface area contributed by atoms with Gasteiger partial charge in [-0.05, 0) is 49.9 Å². The largest absolute Gasteiger partial charge is 0.497 e. The fraction of sp³-hybridized carbons (Fsp3) is 0.526. The van der Waals surface area contributed by atoms with Gasteiger partial charge in [-0.2, -0.15) is 0 Å². The van der Waals surface area contributed by atoms with Gasteiger partial charge in [0.1, 0.15) is 5.75 Å². The van der Waals surface area contributed by atoms with Gasteiger partial charge in [0.05, 0.1) is 25.5 Å². The molecule has 1 saturated carbocycles. The van der Waals surface area contributed by atoms with Crippen LogP contribution in [0.1, 0.15) is 25.7 Å². The van der Waals surface area contributed by atoms with E-state index in [-0.39, 0.29) is 12.0 Å². The first kappa shape index (κ1) is 18.3. The molecule has 4 rings (SSSR count). The molecule has 0 spiro atoms. The number of hydrogen-bond donors (Lipinski definition) is 1. The van der Waals surface area contributed by atoms with Crippen molar-refractivity contribution in [3.05, 3.63) is 24.3 Å². The number of ether oxygens (including phenoxy) is 2. The maximum Gasteiger partial charge on any atom is 0.230 e. The van der Waals surface area contributed by atoms with Crippen LogP contribution < -0.4 is 10.1 Å². The number of thioether (sulfide) groups is 1. The van der Waals surface area contributed by atoms with E-state index in [2.05, 4.69) is 20.1 Å². The van der Waals surface area contributed by atoms with Gasteiger partial charge in [0.2, 0.25) is 5.91 Å². The van der Waals surface area contributed by atoms with E-state index in [1.165, 1.54) is 11.8 Å². The number of carbonyl (C=O) groups excluding carboxylic acids is 1. The molecule has 27 heavy (non-hydrogen) atoms. The average Bonchev–Trinajstić information content (AvgIpc) is 3.18. The Morgan fingerprint density at radius 1 is 1.30 bits per heavy atom. The molecule has 0 unspecified atom stereocenters. The first-order valence-corrected chi connectivity index (χ1v) is 10.3. The highest BCUT2D eigenvalue weighted by atomic mass is 32.2. The number of amides is 1. The van der Waals surface area contributed by atoms with E-state index in [4.69, 9.17) is 9.47 Å². The van der Waals surface area contributed by atoms with Crippen LogP contribution in [0.2, 0.25) is 0 Å². The van der Waals surface area contributed by atoms with Gasteiger partial charge in [0.15, 0.2) is 11.0 Å². The second kappa shape index (κ2) is 8.31. The van der Waals surface area contributed by atoms with Crippen LogP contribution in [-0.2, 0) is 16.1 Å². The Labute approximate surface area is 162 Å². The molecule has 8 heteroatoms. The van der Waals surface area contributed by atoms with E-state index in [1.54, 1.807) is 7.11 Å². The minimum absolute atomic E-state index is 0.0557. The highest BCUT2D eigenvalue weighted by Crippen LogP contribution is 2.28. The molecule has 1 aromatic heterocycles. The van der Waals surface area contributed by atoms with Gasteiger partial charge in [-0.15, -0.1) is 10.2 Å². The molecule has 1 saturated heterocycles. The van der Waals surface area contributed by atoms with Gasteiger partial charge in [0.25, 0.3) is 0 Å². The maximum atomic E-state index is 12.0. The quantitative estimate of drug-likeness (QED) is 0.700. The highest BCUT2D eigenvalue weighted by molar-refractivity contribution is 7.99. The van der Waals surface area contributed by atoms with E-state index < -0.39 is 0 Å². The zero-order chi connectivity index (χ0) is 18.6. The number of benzene rings is 1. The molecule has 1 aliphatic heterocycles. The molecule has 1 amide bonds. The number of methoxy groups -OCH3 is 1. The van der Waals surface area contributed by atoms with Crippen LogP contribution in [0.4, 0.5) is 0 Å². The summed E-state index contributed by atoms with van der Waals surface area (Å²) in [6.07, 6.45) is 4.46. The fourth-order valence-corrected chi connectivity index (χ4v) is 3.89. The molecule has 0 radical (unpaired) electrons. The zero-order valence-electron chi connectivity index (χ0n) is 15.4. The van der Waals surface area contributed by atoms with Gasteiger partial charge in [0, 0.05) is 18.2 Å². The normalized spacial score (nSPS) is 19.2. The molecule has 7 nitrogen and oxygen atoms in total. The van der Waals surface area contributed by atoms with Gasteiger partial charge >= 0.3 is 0 Å². The molecule has 2 fully saturated rings. The van der Waals surface area contributed by atoms with Gasteiger partial charge in [-0.1, -0.05) is 11.8 Å². The van der Waals surface area contributed by atoms with E-state index in [0.29, 0.717) is 18.3 Å². The summed E-state index contributed by atoms with van der Waals surface area (Å²) in [5, 5.41) is 12.5. The third-order valence-corrected chi connectivity index (χ3v) is 5.72. The third-order valence-electron chi connectivity index (χ3n) is 4.75. The van der Waals surface area contributed by atoms with Crippen molar-refractivity contribution in [3.63, 3.8) is 0 Å². The molecular weight excluding hydrogens is 364 g/mol. The smallest absolute Gasteiger partial charge is 0.230 e. The van der Waals surface area contributed by atoms with Crippen LogP contribution in [-0.4, -0.2) is 52.3 Å². The van der Waals surface area contributed by atoms with E-state index in [0.717, 1.165) is 54.6 Å². The molecule has 1 aromatic carbocycles. The molecule has 2 heterocycles. The van der Waals surface area contributed by atoms with Crippen molar-refractivity contribution < 1.29 is 14.3 Å². The molecule has 2 aromatic rings. The summed E-state index contributed by atoms with van der Waals surface area (Å²) in [7, 11) is 1.65. The maximum absolute atomic E-state index is 12.0. The number of rotatable bonds is 8. The summed E-state index contributed by atoms with van der Waals surface area (Å²) in [6.45, 7) is 1.50. The SMILES string of the molecule is COc1ccc(-c2nnc(SCC(=O)NC3CC3)n2C[C@@H]2CCCO2)cc1. The van der Waals surface area contributed by atoms with Gasteiger partial charge in [-0.25, -0.2) is 0 Å². The molecule has 2 aliphatic rings. The molecule has 1 N–H and O–H groups in total. The Bertz CT molecular complexity index is 783. The van der Waals surface area contributed by atoms with Crippen LogP contribution in [0, 0.1) is 0 Å². The predicted molar refractivity (Wildman–Crippen MR) is 103 cm³/mol. The first-order chi connectivity index (χ1) is 13.2. The van der Waals surface area contributed by atoms with Gasteiger partial charge < -0.3 is 14.8 Å². The van der Waals surface area contributed by atoms with Crippen molar-refractivity contribution in [3.8, 4) is 17.1 Å². The minimum Gasteiger partial charge on any atom is -0.497 e. The number of hydrogen-bond acceptors (Lipinski definition) is 6. The highest BCUT2D eigenvalue weighted by Gasteiger charge is 2.25. The van der Waals surface area contributed by atoms with Crippen LogP contribution in [0.3, 0.4) is 0 Å². The van der Waals surface area contributed by atoms with E-state index in [9.17, 15) is 4.79 Å². The third kappa shape index (κ3) is 4.62. The Hall–Kier alpha value is -2.06. The molecule has 1 aliphatic carbocycles. The lowest BCUT2D eigenvalue weighted by Crippen LogP contribution is -2.27. The zero-order valence-corrected chi connectivity index (χ0v) is 16.2. The van der Waals surface area contributed by atoms with Crippen LogP contribution in [0.15, 0.2) is 29.4 Å². The number of carbonyl (C=O) groups is 1. The lowest BCUT2D eigenvalue weighted by Gasteiger charge is -2.15. The van der Waals surface area contributed by atoms with Crippen LogP contribution >= 0.6 is 11.8 Å². The summed E-state index contributed by atoms with van der Waals surface area (Å²) in [5.74, 6) is 2.00. The molecule has 144 valence electrons. The average molecular weight is 388 g/mol. The van der Waals surface area contributed by atoms with Crippen molar-refractivity contribution >= 4 is 17.7 Å². The molecular formula is C19H24N4O3S. The lowest BCUT2D eigenvalue weighted by atomic mass is 10.2. The Balaban J connectivity index is 1.53. The second-order valence-electron chi connectivity index (χ2n) is 6.91. The second-order valence-corrected chi connectivity index (χ2v) is 7.85. The van der Waals surface area contributed by atoms with Crippen LogP contribution in [0.5, 0.6) is 5.75 Å². The van der Waals surface area contributed by atoms with Crippen molar-refractivity contribution in [2.45, 2.75) is 49.5 Å². The summed E-state index contributed by atoms with van der Waals surface area (Å²) >= 11 is 1.43. The number of aromatic nitrogens is 3. The summed E-state index contributed by atoms with van der Waals surface area (Å²) in [4.78, 5) is 12.0. The van der Waals surface area contributed by atoms with Crippen molar-refractivity contribution in [1.29, 1.82) is 0 Å². The summed E-state index contributed by atoms with van der Waals surface area (Å²) in [5.41, 5.74) is 0.968. The predicted octanol–water partition coefficient (Wildman–Crippen LogP) is 2.50. The van der Waals surface area contributed by atoms with Crippen molar-refractivity contribution in [2.24, 2.45) is 0 Å². The van der Waals surface area contributed by atoms with E-state index >= 15 is 0 Å². The topological polar surface area (TPSA) is 78.3 Å². The Kier molecular flexibility index (Phi) is 5.63. The number of nitrogens with one attached hydrogen (secondary N) is 1.